The number of nitrogens with one attached hydrogen (secondary N) is 3. The molecule has 4 aromatic rings. The van der Waals surface area contributed by atoms with Gasteiger partial charge >= 0.3 is 0 Å². The number of anilines is 2. The average molecular weight is 498 g/mol. The first-order valence-corrected chi connectivity index (χ1v) is 12.4. The van der Waals surface area contributed by atoms with E-state index in [0.717, 1.165) is 36.6 Å². The highest BCUT2D eigenvalue weighted by atomic mass is 32.1. The zero-order valence-electron chi connectivity index (χ0n) is 18.4. The van der Waals surface area contributed by atoms with Gasteiger partial charge in [-0.3, -0.25) is 14.8 Å². The van der Waals surface area contributed by atoms with Crippen molar-refractivity contribution in [3.8, 4) is 5.88 Å². The molecule has 5 rings (SSSR count). The van der Waals surface area contributed by atoms with Crippen molar-refractivity contribution in [3.05, 3.63) is 40.9 Å². The summed E-state index contributed by atoms with van der Waals surface area (Å²) in [5, 5.41) is 26.6. The molecule has 4 N–H and O–H groups in total. The van der Waals surface area contributed by atoms with Gasteiger partial charge in [0.15, 0.2) is 5.13 Å². The lowest BCUT2D eigenvalue weighted by Crippen LogP contribution is -2.33. The van der Waals surface area contributed by atoms with E-state index in [1.807, 2.05) is 0 Å². The van der Waals surface area contributed by atoms with E-state index in [1.54, 1.807) is 25.4 Å². The third kappa shape index (κ3) is 4.36. The molecule has 0 radical (unpaired) electrons. The van der Waals surface area contributed by atoms with E-state index in [9.17, 15) is 9.90 Å². The Kier molecular flexibility index (Phi) is 6.22. The van der Waals surface area contributed by atoms with E-state index in [1.165, 1.54) is 35.1 Å². The second-order valence-corrected chi connectivity index (χ2v) is 9.68. The molecule has 1 aliphatic rings. The van der Waals surface area contributed by atoms with E-state index in [0.29, 0.717) is 38.5 Å². The Labute approximate surface area is 203 Å². The first kappa shape index (κ1) is 22.4. The van der Waals surface area contributed by atoms with E-state index < -0.39 is 0 Å². The fourth-order valence-electron chi connectivity index (χ4n) is 3.92. The molecular formula is C21H23N9O2S2. The monoisotopic (exact) mass is 497 g/mol. The van der Waals surface area contributed by atoms with Gasteiger partial charge in [-0.1, -0.05) is 11.3 Å². The Bertz CT molecular complexity index is 1350. The SMILES string of the molecule is Cc1nc(Nc2snc(O)c2C(=N)NCCN2CCCC2)sc1C(=O)n1ccc2cncnc21. The third-order valence-corrected chi connectivity index (χ3v) is 7.45. The van der Waals surface area contributed by atoms with Gasteiger partial charge in [-0.25, -0.2) is 15.0 Å². The molecule has 0 amide bonds. The number of carbonyl (C=O) groups excluding carboxylic acids is 1. The molecule has 1 saturated heterocycles. The normalized spacial score (nSPS) is 14.0. The maximum absolute atomic E-state index is 13.2. The van der Waals surface area contributed by atoms with Crippen molar-refractivity contribution < 1.29 is 9.90 Å². The summed E-state index contributed by atoms with van der Waals surface area (Å²) in [6.07, 6.45) is 7.16. The van der Waals surface area contributed by atoms with Gasteiger partial charge in [-0.2, -0.15) is 4.37 Å². The molecule has 1 fully saturated rings. The predicted octanol–water partition coefficient (Wildman–Crippen LogP) is 2.80. The fraction of sp³-hybridized carbons (Fsp3) is 0.333. The second kappa shape index (κ2) is 9.44. The molecule has 34 heavy (non-hydrogen) atoms. The number of aryl methyl sites for hydroxylation is 1. The van der Waals surface area contributed by atoms with Gasteiger partial charge in [-0.05, 0) is 50.5 Å². The summed E-state index contributed by atoms with van der Waals surface area (Å²) in [6.45, 7) is 5.39. The Morgan fingerprint density at radius 2 is 2.15 bits per heavy atom. The maximum atomic E-state index is 13.2. The number of thiazole rings is 1. The predicted molar refractivity (Wildman–Crippen MR) is 132 cm³/mol. The van der Waals surface area contributed by atoms with Gasteiger partial charge in [0.25, 0.3) is 5.91 Å². The van der Waals surface area contributed by atoms with Crippen LogP contribution < -0.4 is 10.6 Å². The number of hydrogen-bond acceptors (Lipinski definition) is 11. The molecule has 13 heteroatoms. The van der Waals surface area contributed by atoms with E-state index in [2.05, 4.69) is 34.9 Å². The van der Waals surface area contributed by atoms with Gasteiger partial charge in [0.05, 0.1) is 5.69 Å². The number of nitrogens with zero attached hydrogens (tertiary/aromatic N) is 6. The summed E-state index contributed by atoms with van der Waals surface area (Å²) in [5.41, 5.74) is 1.40. The first-order chi connectivity index (χ1) is 16.5. The lowest BCUT2D eigenvalue weighted by atomic mass is 10.3. The largest absolute Gasteiger partial charge is 0.492 e. The second-order valence-electron chi connectivity index (χ2n) is 7.91. The minimum Gasteiger partial charge on any atom is -0.492 e. The molecule has 1 aliphatic heterocycles. The van der Waals surface area contributed by atoms with Crippen LogP contribution in [0, 0.1) is 12.3 Å². The number of carbonyl (C=O) groups is 1. The number of likely N-dealkylation sites (tertiary alicyclic amines) is 1. The average Bonchev–Trinajstić information content (AvgIpc) is 3.61. The summed E-state index contributed by atoms with van der Waals surface area (Å²) < 4.78 is 5.47. The fourth-order valence-corrected chi connectivity index (χ4v) is 5.59. The summed E-state index contributed by atoms with van der Waals surface area (Å²) in [7, 11) is 0. The Morgan fingerprint density at radius 1 is 1.32 bits per heavy atom. The lowest BCUT2D eigenvalue weighted by Gasteiger charge is -2.15. The number of hydrogen-bond donors (Lipinski definition) is 4. The van der Waals surface area contributed by atoms with Crippen LogP contribution in [0.5, 0.6) is 5.88 Å². The topological polar surface area (TPSA) is 145 Å². The van der Waals surface area contributed by atoms with Crippen LogP contribution in [0.1, 0.15) is 33.8 Å². The number of aromatic hydroxyl groups is 1. The molecule has 0 atom stereocenters. The van der Waals surface area contributed by atoms with Gasteiger partial charge in [-0.15, -0.1) is 0 Å². The molecule has 0 aromatic carbocycles. The standard InChI is InChI=1S/C21H23N9O2S2/c1-12-15(20(32)30-8-4-13-10-23-11-25-17(13)30)33-21(26-12)27-19-14(18(31)28-34-19)16(22)24-5-9-29-6-2-3-7-29/h4,8,10-11H,2-3,5-7,9H2,1H3,(H2,22,24)(H,26,27)(H,28,31). The van der Waals surface area contributed by atoms with Crippen LogP contribution in [0.25, 0.3) is 11.0 Å². The van der Waals surface area contributed by atoms with Crippen LogP contribution in [0.4, 0.5) is 10.1 Å². The summed E-state index contributed by atoms with van der Waals surface area (Å²) in [6, 6.07) is 1.79. The van der Waals surface area contributed by atoms with Crippen molar-refractivity contribution in [1.82, 2.24) is 34.1 Å². The van der Waals surface area contributed by atoms with Crippen LogP contribution in [0.3, 0.4) is 0 Å². The molecule has 0 aliphatic carbocycles. The number of amidine groups is 1. The van der Waals surface area contributed by atoms with Crippen molar-refractivity contribution in [2.75, 3.05) is 31.5 Å². The summed E-state index contributed by atoms with van der Waals surface area (Å²) in [4.78, 5) is 28.6. The van der Waals surface area contributed by atoms with Crippen LogP contribution in [0.15, 0.2) is 24.8 Å². The van der Waals surface area contributed by atoms with Crippen molar-refractivity contribution in [3.63, 3.8) is 0 Å². The van der Waals surface area contributed by atoms with E-state index >= 15 is 0 Å². The number of fused-ring (bicyclic) bond motifs is 1. The zero-order chi connectivity index (χ0) is 23.7. The molecule has 11 nitrogen and oxygen atoms in total. The van der Waals surface area contributed by atoms with Gasteiger partial charge in [0, 0.05) is 30.9 Å². The van der Waals surface area contributed by atoms with Crippen LogP contribution >= 0.6 is 22.9 Å². The molecule has 0 bridgehead atoms. The van der Waals surface area contributed by atoms with Gasteiger partial charge in [0.2, 0.25) is 5.88 Å². The smallest absolute Gasteiger partial charge is 0.275 e. The first-order valence-electron chi connectivity index (χ1n) is 10.8. The van der Waals surface area contributed by atoms with Gasteiger partial charge < -0.3 is 20.6 Å². The highest BCUT2D eigenvalue weighted by Gasteiger charge is 2.23. The molecule has 0 unspecified atom stereocenters. The van der Waals surface area contributed by atoms with Crippen LogP contribution in [0.2, 0.25) is 0 Å². The van der Waals surface area contributed by atoms with Crippen LogP contribution in [-0.4, -0.2) is 71.8 Å². The van der Waals surface area contributed by atoms with Crippen molar-refractivity contribution in [2.45, 2.75) is 19.8 Å². The zero-order valence-corrected chi connectivity index (χ0v) is 20.0. The summed E-state index contributed by atoms with van der Waals surface area (Å²) >= 11 is 2.24. The highest BCUT2D eigenvalue weighted by Crippen LogP contribution is 2.34. The third-order valence-electron chi connectivity index (χ3n) is 5.63. The molecule has 0 spiro atoms. The Balaban J connectivity index is 1.31. The number of rotatable bonds is 7. The van der Waals surface area contributed by atoms with Gasteiger partial charge in [0.1, 0.15) is 33.3 Å². The molecular weight excluding hydrogens is 474 g/mol. The van der Waals surface area contributed by atoms with Crippen LogP contribution in [-0.2, 0) is 0 Å². The molecule has 176 valence electrons. The van der Waals surface area contributed by atoms with Crippen molar-refractivity contribution in [1.29, 1.82) is 5.41 Å². The lowest BCUT2D eigenvalue weighted by molar-refractivity contribution is 0.0967. The maximum Gasteiger partial charge on any atom is 0.275 e. The number of aromatic nitrogens is 5. The van der Waals surface area contributed by atoms with Crippen molar-refractivity contribution in [2.24, 2.45) is 0 Å². The van der Waals surface area contributed by atoms with E-state index in [-0.39, 0.29) is 17.6 Å². The molecule has 5 heterocycles. The minimum absolute atomic E-state index is 0.0935. The summed E-state index contributed by atoms with van der Waals surface area (Å²) in [5.74, 6) is -0.356. The Morgan fingerprint density at radius 3 is 2.97 bits per heavy atom. The minimum atomic E-state index is -0.236. The molecule has 4 aromatic heterocycles. The molecule has 0 saturated carbocycles. The van der Waals surface area contributed by atoms with Crippen molar-refractivity contribution >= 4 is 55.8 Å². The quantitative estimate of drug-likeness (QED) is 0.224. The Hall–Kier alpha value is -3.42. The van der Waals surface area contributed by atoms with E-state index in [4.69, 9.17) is 5.41 Å². The highest BCUT2D eigenvalue weighted by molar-refractivity contribution is 7.18.